The maximum atomic E-state index is 12.6. The van der Waals surface area contributed by atoms with Crippen molar-refractivity contribution in [2.24, 2.45) is 0 Å². The number of anilines is 2. The van der Waals surface area contributed by atoms with E-state index in [1.807, 2.05) is 0 Å². The minimum absolute atomic E-state index is 0.219. The van der Waals surface area contributed by atoms with Crippen LogP contribution in [0.5, 0.6) is 0 Å². The largest absolute Gasteiger partial charge is 0.416 e. The highest BCUT2D eigenvalue weighted by atomic mass is 32.2. The summed E-state index contributed by atoms with van der Waals surface area (Å²) in [6.07, 6.45) is -4.55. The number of aromatic nitrogens is 1. The van der Waals surface area contributed by atoms with Gasteiger partial charge in [-0.25, -0.2) is 13.4 Å². The van der Waals surface area contributed by atoms with Crippen molar-refractivity contribution in [2.75, 3.05) is 10.0 Å². The molecular formula is C18H14F3N3O3S2. The molecule has 0 atom stereocenters. The van der Waals surface area contributed by atoms with Gasteiger partial charge in [-0.1, -0.05) is 12.1 Å². The predicted octanol–water partition coefficient (Wildman–Crippen LogP) is 4.59. The first-order valence-electron chi connectivity index (χ1n) is 8.08. The smallest absolute Gasteiger partial charge is 0.302 e. The summed E-state index contributed by atoms with van der Waals surface area (Å²) in [6, 6.07) is 9.58. The molecule has 0 aliphatic heterocycles. The Morgan fingerprint density at radius 1 is 1.10 bits per heavy atom. The Balaban J connectivity index is 1.82. The lowest BCUT2D eigenvalue weighted by molar-refractivity contribution is -0.137. The van der Waals surface area contributed by atoms with Gasteiger partial charge in [0.2, 0.25) is 5.91 Å². The van der Waals surface area contributed by atoms with E-state index in [0.29, 0.717) is 28.5 Å². The van der Waals surface area contributed by atoms with Gasteiger partial charge in [-0.05, 0) is 36.4 Å². The van der Waals surface area contributed by atoms with Crippen LogP contribution in [0.3, 0.4) is 0 Å². The molecule has 11 heteroatoms. The number of nitrogens with one attached hydrogen (secondary N) is 2. The second-order valence-corrected chi connectivity index (χ2v) is 8.47. The molecule has 0 bridgehead atoms. The van der Waals surface area contributed by atoms with Gasteiger partial charge < -0.3 is 5.32 Å². The van der Waals surface area contributed by atoms with Crippen LogP contribution in [0.15, 0.2) is 58.8 Å². The van der Waals surface area contributed by atoms with Crippen molar-refractivity contribution in [3.8, 4) is 11.3 Å². The van der Waals surface area contributed by atoms with Crippen molar-refractivity contribution in [1.82, 2.24) is 4.98 Å². The Bertz CT molecular complexity index is 1140. The Kier molecular flexibility index (Phi) is 5.62. The van der Waals surface area contributed by atoms with Crippen LogP contribution in [0.2, 0.25) is 0 Å². The molecule has 0 fully saturated rings. The number of sulfonamides is 1. The van der Waals surface area contributed by atoms with Crippen LogP contribution in [0.1, 0.15) is 12.5 Å². The van der Waals surface area contributed by atoms with E-state index in [0.717, 1.165) is 12.1 Å². The molecule has 0 radical (unpaired) electrons. The first kappa shape index (κ1) is 20.8. The SMILES string of the molecule is CC(=O)Nc1nc(-c2cccc(NS(=O)(=O)c3ccc(C(F)(F)F)cc3)c2)cs1. The third kappa shape index (κ3) is 5.12. The summed E-state index contributed by atoms with van der Waals surface area (Å²) in [5.74, 6) is -0.260. The third-order valence-electron chi connectivity index (χ3n) is 3.69. The van der Waals surface area contributed by atoms with E-state index in [-0.39, 0.29) is 16.5 Å². The number of alkyl halides is 3. The first-order chi connectivity index (χ1) is 13.5. The fourth-order valence-corrected chi connectivity index (χ4v) is 4.21. The Hall–Kier alpha value is -2.92. The predicted molar refractivity (Wildman–Crippen MR) is 104 cm³/mol. The summed E-state index contributed by atoms with van der Waals surface area (Å²) in [7, 11) is -4.08. The highest BCUT2D eigenvalue weighted by Crippen LogP contribution is 2.31. The minimum Gasteiger partial charge on any atom is -0.302 e. The maximum Gasteiger partial charge on any atom is 0.416 e. The lowest BCUT2D eigenvalue weighted by atomic mass is 10.1. The number of carbonyl (C=O) groups excluding carboxylic acids is 1. The van der Waals surface area contributed by atoms with Crippen molar-refractivity contribution >= 4 is 38.1 Å². The average molecular weight is 441 g/mol. The molecule has 1 amide bonds. The van der Waals surface area contributed by atoms with Gasteiger partial charge in [0.15, 0.2) is 5.13 Å². The summed E-state index contributed by atoms with van der Waals surface area (Å²) in [5, 5.41) is 4.67. The zero-order chi connectivity index (χ0) is 21.2. The van der Waals surface area contributed by atoms with Gasteiger partial charge in [-0.2, -0.15) is 13.2 Å². The summed E-state index contributed by atoms with van der Waals surface area (Å²) in [4.78, 5) is 15.1. The molecular weight excluding hydrogens is 427 g/mol. The van der Waals surface area contributed by atoms with Gasteiger partial charge in [0.25, 0.3) is 10.0 Å². The van der Waals surface area contributed by atoms with Crippen LogP contribution < -0.4 is 10.0 Å². The molecule has 29 heavy (non-hydrogen) atoms. The molecule has 2 N–H and O–H groups in total. The summed E-state index contributed by atoms with van der Waals surface area (Å²) in [5.41, 5.74) is 0.424. The standard InChI is InChI=1S/C18H14F3N3O3S2/c1-11(25)22-17-23-16(10-28-17)12-3-2-4-14(9-12)24-29(26,27)15-7-5-13(6-8-15)18(19,20)21/h2-10,24H,1H3,(H,22,23,25). The number of hydrogen-bond acceptors (Lipinski definition) is 5. The number of rotatable bonds is 5. The molecule has 0 spiro atoms. The van der Waals surface area contributed by atoms with Crippen LogP contribution >= 0.6 is 11.3 Å². The molecule has 1 aromatic heterocycles. The highest BCUT2D eigenvalue weighted by molar-refractivity contribution is 7.92. The monoisotopic (exact) mass is 441 g/mol. The quantitative estimate of drug-likeness (QED) is 0.606. The van der Waals surface area contributed by atoms with Crippen molar-refractivity contribution in [3.05, 3.63) is 59.5 Å². The summed E-state index contributed by atoms with van der Waals surface area (Å²) >= 11 is 1.22. The number of amides is 1. The normalized spacial score (nSPS) is 11.9. The maximum absolute atomic E-state index is 12.6. The Morgan fingerprint density at radius 2 is 1.79 bits per heavy atom. The van der Waals surface area contributed by atoms with E-state index in [1.54, 1.807) is 17.5 Å². The molecule has 0 saturated carbocycles. The van der Waals surface area contributed by atoms with E-state index in [2.05, 4.69) is 15.0 Å². The lowest BCUT2D eigenvalue weighted by Crippen LogP contribution is -2.13. The van der Waals surface area contributed by atoms with Crippen LogP contribution in [-0.4, -0.2) is 19.3 Å². The highest BCUT2D eigenvalue weighted by Gasteiger charge is 2.30. The van der Waals surface area contributed by atoms with E-state index >= 15 is 0 Å². The number of hydrogen-bond donors (Lipinski definition) is 2. The summed E-state index contributed by atoms with van der Waals surface area (Å²) in [6.45, 7) is 1.36. The van der Waals surface area contributed by atoms with Crippen LogP contribution in [0, 0.1) is 0 Å². The molecule has 0 aliphatic carbocycles. The van der Waals surface area contributed by atoms with E-state index in [9.17, 15) is 26.4 Å². The first-order valence-corrected chi connectivity index (χ1v) is 10.4. The van der Waals surface area contributed by atoms with Gasteiger partial charge in [0.1, 0.15) is 0 Å². The number of thiazole rings is 1. The molecule has 3 rings (SSSR count). The topological polar surface area (TPSA) is 88.2 Å². The summed E-state index contributed by atoms with van der Waals surface area (Å²) < 4.78 is 65.2. The number of carbonyl (C=O) groups is 1. The number of benzene rings is 2. The zero-order valence-electron chi connectivity index (χ0n) is 14.8. The van der Waals surface area contributed by atoms with Gasteiger partial charge in [-0.15, -0.1) is 11.3 Å². The van der Waals surface area contributed by atoms with Crippen LogP contribution in [0.25, 0.3) is 11.3 Å². The molecule has 0 aliphatic rings. The molecule has 0 saturated heterocycles. The van der Waals surface area contributed by atoms with Gasteiger partial charge >= 0.3 is 6.18 Å². The van der Waals surface area contributed by atoms with Crippen LogP contribution in [-0.2, 0) is 21.0 Å². The minimum atomic E-state index is -4.55. The van der Waals surface area contributed by atoms with E-state index in [4.69, 9.17) is 0 Å². The molecule has 152 valence electrons. The Labute approximate surface area is 168 Å². The van der Waals surface area contributed by atoms with Crippen molar-refractivity contribution in [1.29, 1.82) is 0 Å². The molecule has 3 aromatic rings. The zero-order valence-corrected chi connectivity index (χ0v) is 16.5. The van der Waals surface area contributed by atoms with Crippen molar-refractivity contribution in [2.45, 2.75) is 18.0 Å². The van der Waals surface area contributed by atoms with E-state index in [1.165, 1.54) is 30.4 Å². The van der Waals surface area contributed by atoms with Crippen LogP contribution in [0.4, 0.5) is 24.0 Å². The van der Waals surface area contributed by atoms with Gasteiger partial charge in [-0.3, -0.25) is 9.52 Å². The second kappa shape index (κ2) is 7.84. The van der Waals surface area contributed by atoms with Gasteiger partial charge in [0, 0.05) is 23.6 Å². The Morgan fingerprint density at radius 3 is 2.41 bits per heavy atom. The fourth-order valence-electron chi connectivity index (χ4n) is 2.39. The number of nitrogens with zero attached hydrogens (tertiary/aromatic N) is 1. The lowest BCUT2D eigenvalue weighted by Gasteiger charge is -2.11. The fraction of sp³-hybridized carbons (Fsp3) is 0.111. The molecule has 0 unspecified atom stereocenters. The second-order valence-electron chi connectivity index (χ2n) is 5.93. The number of halogens is 3. The third-order valence-corrected chi connectivity index (χ3v) is 5.84. The average Bonchev–Trinajstić information content (AvgIpc) is 3.09. The van der Waals surface area contributed by atoms with Crippen molar-refractivity contribution in [3.63, 3.8) is 0 Å². The van der Waals surface area contributed by atoms with E-state index < -0.39 is 21.8 Å². The van der Waals surface area contributed by atoms with Gasteiger partial charge in [0.05, 0.1) is 16.2 Å². The molecule has 6 nitrogen and oxygen atoms in total. The molecule has 1 heterocycles. The molecule has 2 aromatic carbocycles. The van der Waals surface area contributed by atoms with Crippen molar-refractivity contribution < 1.29 is 26.4 Å².